The topological polar surface area (TPSA) is 67.8 Å². The van der Waals surface area contributed by atoms with Gasteiger partial charge >= 0.3 is 5.97 Å². The molecule has 0 amide bonds. The Morgan fingerprint density at radius 1 is 1.50 bits per heavy atom. The lowest BCUT2D eigenvalue weighted by molar-refractivity contribution is -0.135. The zero-order valence-corrected chi connectivity index (χ0v) is 9.80. The van der Waals surface area contributed by atoms with Gasteiger partial charge < -0.3 is 9.84 Å². The predicted octanol–water partition coefficient (Wildman–Crippen LogP) is 1.87. The summed E-state index contributed by atoms with van der Waals surface area (Å²) >= 11 is 0. The fraction of sp³-hybridized carbons (Fsp3) is 0.250. The number of para-hydroxylation sites is 1. The van der Waals surface area contributed by atoms with Crippen LogP contribution in [0.2, 0.25) is 0 Å². The Morgan fingerprint density at radius 2 is 2.17 bits per heavy atom. The van der Waals surface area contributed by atoms with Crippen LogP contribution in [0, 0.1) is 0 Å². The number of hydrogen-bond acceptors (Lipinski definition) is 4. The van der Waals surface area contributed by atoms with Gasteiger partial charge in [-0.05, 0) is 19.1 Å². The molecule has 1 aromatic rings. The monoisotopic (exact) mass is 255 g/mol. The minimum Gasteiger partial charge on any atom is -0.488 e. The van der Waals surface area contributed by atoms with E-state index in [4.69, 9.17) is 14.7 Å². The average molecular weight is 255 g/mol. The van der Waals surface area contributed by atoms with E-state index in [2.05, 4.69) is 0 Å². The van der Waals surface area contributed by atoms with Gasteiger partial charge in [0.2, 0.25) is 0 Å². The van der Waals surface area contributed by atoms with Crippen molar-refractivity contribution in [3.05, 3.63) is 42.4 Å². The Hall–Kier alpha value is -2.08. The molecule has 0 aliphatic heterocycles. The molecule has 5 nitrogen and oxygen atoms in total. The van der Waals surface area contributed by atoms with E-state index < -0.39 is 11.7 Å². The first-order chi connectivity index (χ1) is 8.63. The summed E-state index contributed by atoms with van der Waals surface area (Å²) in [6.45, 7) is 1.81. The Balaban J connectivity index is 2.30. The number of hydroxylamine groups is 1. The second-order valence-electron chi connectivity index (χ2n) is 3.48. The number of hydrogen-bond donors (Lipinski definition) is 2. The first kappa shape index (κ1) is 14.0. The van der Waals surface area contributed by atoms with Crippen molar-refractivity contribution >= 4 is 5.97 Å². The fourth-order valence-corrected chi connectivity index (χ4v) is 1.11. The largest absolute Gasteiger partial charge is 0.488 e. The van der Waals surface area contributed by atoms with Gasteiger partial charge in [-0.3, -0.25) is 10.3 Å². The molecule has 0 aliphatic carbocycles. The second-order valence-corrected chi connectivity index (χ2v) is 3.48. The van der Waals surface area contributed by atoms with Crippen LogP contribution in [-0.2, 0) is 9.63 Å². The van der Waals surface area contributed by atoms with Gasteiger partial charge in [0.25, 0.3) is 0 Å². The van der Waals surface area contributed by atoms with Crippen molar-refractivity contribution in [2.45, 2.75) is 13.0 Å². The molecule has 0 aromatic heterocycles. The summed E-state index contributed by atoms with van der Waals surface area (Å²) in [6, 6.07) is 9.09. The third-order valence-corrected chi connectivity index (χ3v) is 1.92. The minimum absolute atomic E-state index is 0.0690. The average Bonchev–Trinajstić information content (AvgIpc) is 2.35. The molecule has 6 heteroatoms. The number of carbonyl (C=O) groups is 1. The summed E-state index contributed by atoms with van der Waals surface area (Å²) in [7, 11) is 0. The molecule has 0 radical (unpaired) electrons. The van der Waals surface area contributed by atoms with Crippen molar-refractivity contribution in [3.8, 4) is 5.75 Å². The highest BCUT2D eigenvalue weighted by Crippen LogP contribution is 2.10. The maximum Gasteiger partial charge on any atom is 0.356 e. The van der Waals surface area contributed by atoms with Gasteiger partial charge in [0.1, 0.15) is 24.8 Å². The van der Waals surface area contributed by atoms with Crippen LogP contribution >= 0.6 is 0 Å². The predicted molar refractivity (Wildman–Crippen MR) is 62.4 cm³/mol. The van der Waals surface area contributed by atoms with Crippen LogP contribution in [0.4, 0.5) is 4.39 Å². The molecule has 1 aromatic carbocycles. The van der Waals surface area contributed by atoms with Crippen molar-refractivity contribution in [1.82, 2.24) is 5.48 Å². The maximum absolute atomic E-state index is 12.1. The van der Waals surface area contributed by atoms with Gasteiger partial charge in [0.05, 0.1) is 0 Å². The van der Waals surface area contributed by atoms with E-state index in [9.17, 15) is 9.18 Å². The quantitative estimate of drug-likeness (QED) is 0.575. The van der Waals surface area contributed by atoms with Crippen LogP contribution in [0.1, 0.15) is 6.92 Å². The normalized spacial score (nSPS) is 12.9. The van der Waals surface area contributed by atoms with E-state index in [-0.39, 0.29) is 19.0 Å². The molecule has 0 aliphatic rings. The molecule has 2 N–H and O–H groups in total. The number of benzene rings is 1. The lowest BCUT2D eigenvalue weighted by Crippen LogP contribution is -2.27. The molecule has 0 saturated carbocycles. The highest BCUT2D eigenvalue weighted by molar-refractivity contribution is 5.85. The lowest BCUT2D eigenvalue weighted by atomic mass is 10.3. The van der Waals surface area contributed by atoms with Gasteiger partial charge in [-0.15, -0.1) is 0 Å². The molecule has 0 bridgehead atoms. The molecule has 98 valence electrons. The second kappa shape index (κ2) is 7.29. The van der Waals surface area contributed by atoms with E-state index in [1.165, 1.54) is 0 Å². The highest BCUT2D eigenvalue weighted by Gasteiger charge is 2.09. The summed E-state index contributed by atoms with van der Waals surface area (Å²) in [5.74, 6) is -0.762. The number of aliphatic carboxylic acids is 1. The van der Waals surface area contributed by atoms with E-state index in [1.807, 2.05) is 23.7 Å². The standard InChI is InChI=1S/C12H14FNO4/c1-9(18-10-5-3-2-4-6-10)8-17-14-11(7-13)12(15)16/h2-7,9,14H,8H2,1H3,(H,15,16). The number of rotatable bonds is 7. The maximum atomic E-state index is 12.1. The molecule has 1 atom stereocenters. The Kier molecular flexibility index (Phi) is 5.66. The fourth-order valence-electron chi connectivity index (χ4n) is 1.11. The summed E-state index contributed by atoms with van der Waals surface area (Å²) in [4.78, 5) is 15.2. The van der Waals surface area contributed by atoms with Crippen LogP contribution < -0.4 is 10.2 Å². The van der Waals surface area contributed by atoms with Crippen LogP contribution in [0.15, 0.2) is 42.4 Å². The summed E-state index contributed by atoms with van der Waals surface area (Å²) in [5.41, 5.74) is 1.33. The minimum atomic E-state index is -1.44. The van der Waals surface area contributed by atoms with E-state index in [1.54, 1.807) is 19.1 Å². The van der Waals surface area contributed by atoms with Crippen LogP contribution in [0.5, 0.6) is 5.75 Å². The number of carboxylic acids is 1. The zero-order valence-electron chi connectivity index (χ0n) is 9.80. The van der Waals surface area contributed by atoms with Crippen LogP contribution in [0.3, 0.4) is 0 Å². The van der Waals surface area contributed by atoms with Crippen molar-refractivity contribution in [2.24, 2.45) is 0 Å². The van der Waals surface area contributed by atoms with Crippen LogP contribution in [-0.4, -0.2) is 23.8 Å². The lowest BCUT2D eigenvalue weighted by Gasteiger charge is -2.15. The SMILES string of the molecule is CC(CONC(=CF)C(=O)O)Oc1ccccc1. The van der Waals surface area contributed by atoms with Gasteiger partial charge in [0.15, 0.2) is 5.70 Å². The molecule has 0 saturated heterocycles. The van der Waals surface area contributed by atoms with E-state index >= 15 is 0 Å². The number of carboxylic acid groups (broad SMARTS) is 1. The molecule has 0 spiro atoms. The smallest absolute Gasteiger partial charge is 0.356 e. The first-order valence-corrected chi connectivity index (χ1v) is 5.26. The summed E-state index contributed by atoms with van der Waals surface area (Å²) in [6.07, 6.45) is -0.389. The summed E-state index contributed by atoms with van der Waals surface area (Å²) in [5, 5.41) is 8.49. The number of halogens is 1. The summed E-state index contributed by atoms with van der Waals surface area (Å²) < 4.78 is 17.5. The molecule has 1 unspecified atom stereocenters. The Morgan fingerprint density at radius 3 is 2.72 bits per heavy atom. The Bertz CT molecular complexity index is 408. The van der Waals surface area contributed by atoms with Crippen molar-refractivity contribution in [1.29, 1.82) is 0 Å². The van der Waals surface area contributed by atoms with Crippen LogP contribution in [0.25, 0.3) is 0 Å². The van der Waals surface area contributed by atoms with E-state index in [0.29, 0.717) is 5.75 Å². The highest BCUT2D eigenvalue weighted by atomic mass is 19.1. The van der Waals surface area contributed by atoms with Crippen molar-refractivity contribution in [3.63, 3.8) is 0 Å². The third kappa shape index (κ3) is 4.84. The molecule has 1 rings (SSSR count). The van der Waals surface area contributed by atoms with E-state index in [0.717, 1.165) is 0 Å². The zero-order chi connectivity index (χ0) is 13.4. The third-order valence-electron chi connectivity index (χ3n) is 1.92. The van der Waals surface area contributed by atoms with Gasteiger partial charge in [-0.2, -0.15) is 0 Å². The van der Waals surface area contributed by atoms with Gasteiger partial charge in [-0.25, -0.2) is 9.18 Å². The molecule has 0 fully saturated rings. The van der Waals surface area contributed by atoms with Crippen molar-refractivity contribution in [2.75, 3.05) is 6.61 Å². The molecule has 0 heterocycles. The molecular weight excluding hydrogens is 241 g/mol. The van der Waals surface area contributed by atoms with Crippen molar-refractivity contribution < 1.29 is 23.9 Å². The van der Waals surface area contributed by atoms with Gasteiger partial charge in [0, 0.05) is 0 Å². The molecule has 18 heavy (non-hydrogen) atoms. The molecular formula is C12H14FNO4. The number of nitrogens with one attached hydrogen (secondary N) is 1. The number of ether oxygens (including phenoxy) is 1. The first-order valence-electron chi connectivity index (χ1n) is 5.26. The Labute approximate surface area is 104 Å². The van der Waals surface area contributed by atoms with Gasteiger partial charge in [-0.1, -0.05) is 18.2 Å².